The van der Waals surface area contributed by atoms with Crippen molar-refractivity contribution >= 4 is 21.7 Å². The summed E-state index contributed by atoms with van der Waals surface area (Å²) in [5.41, 5.74) is 14.0. The molecule has 2 heteroatoms. The third kappa shape index (κ3) is 3.70. The molecule has 0 amide bonds. The molecule has 2 aliphatic carbocycles. The Kier molecular flexibility index (Phi) is 5.75. The van der Waals surface area contributed by atoms with Crippen LogP contribution in [0.5, 0.6) is 0 Å². The Morgan fingerprint density at radius 1 is 0.565 bits per heavy atom. The molecule has 0 saturated heterocycles. The second kappa shape index (κ2) is 9.71. The number of benzene rings is 5. The van der Waals surface area contributed by atoms with E-state index in [-0.39, 0.29) is 16.7 Å². The minimum absolute atomic E-state index is 0.0687. The van der Waals surface area contributed by atoms with Crippen LogP contribution in [-0.4, -0.2) is 9.97 Å². The van der Waals surface area contributed by atoms with Crippen LogP contribution in [-0.2, 0) is 10.8 Å². The molecule has 2 aromatic heterocycles. The third-order valence-corrected chi connectivity index (χ3v) is 11.1. The van der Waals surface area contributed by atoms with Gasteiger partial charge in [-0.2, -0.15) is 0 Å². The van der Waals surface area contributed by atoms with E-state index < -0.39 is 0 Å². The molecule has 0 aliphatic heterocycles. The number of hydrogen-bond acceptors (Lipinski definition) is 2. The van der Waals surface area contributed by atoms with Gasteiger partial charge < -0.3 is 0 Å². The molecule has 5 aromatic carbocycles. The summed E-state index contributed by atoms with van der Waals surface area (Å²) >= 11 is 0. The van der Waals surface area contributed by atoms with Crippen molar-refractivity contribution in [2.45, 2.75) is 50.4 Å². The van der Waals surface area contributed by atoms with E-state index in [4.69, 9.17) is 4.98 Å². The normalized spacial score (nSPS) is 18.8. The molecule has 0 N–H and O–H groups in total. The third-order valence-electron chi connectivity index (χ3n) is 11.1. The van der Waals surface area contributed by atoms with Gasteiger partial charge in [0.15, 0.2) is 0 Å². The van der Waals surface area contributed by atoms with Gasteiger partial charge in [0, 0.05) is 46.0 Å². The first-order valence-electron chi connectivity index (χ1n) is 16.4. The lowest BCUT2D eigenvalue weighted by molar-refractivity contribution is 0.422. The van der Waals surface area contributed by atoms with Crippen molar-refractivity contribution in [3.05, 3.63) is 167 Å². The summed E-state index contributed by atoms with van der Waals surface area (Å²) in [6.07, 6.45) is 4.12. The van der Waals surface area contributed by atoms with E-state index >= 15 is 0 Å². The largest absolute Gasteiger partial charge is 0.264 e. The van der Waals surface area contributed by atoms with Gasteiger partial charge in [0.25, 0.3) is 0 Å². The maximum atomic E-state index is 5.25. The van der Waals surface area contributed by atoms with E-state index in [0.717, 1.165) is 16.8 Å². The average Bonchev–Trinajstić information content (AvgIpc) is 3.29. The van der Waals surface area contributed by atoms with Crippen molar-refractivity contribution in [3.63, 3.8) is 0 Å². The smallest absolute Gasteiger partial charge is 0.0788 e. The lowest BCUT2D eigenvalue weighted by atomic mass is 9.69. The summed E-state index contributed by atoms with van der Waals surface area (Å²) in [5, 5.41) is 3.61. The van der Waals surface area contributed by atoms with Crippen LogP contribution in [0, 0.1) is 0 Å². The SMILES string of the molecule is CC1(C)c2cnccc2C2c3c(-c4cccc(-c5nc6ccccc6c6ccccc56)c4)cccc3C(C)(C)C2c2ccccc21. The van der Waals surface area contributed by atoms with Gasteiger partial charge in [0.1, 0.15) is 0 Å². The van der Waals surface area contributed by atoms with Crippen molar-refractivity contribution in [1.82, 2.24) is 9.97 Å². The second-order valence-electron chi connectivity index (χ2n) is 14.2. The van der Waals surface area contributed by atoms with E-state index in [1.165, 1.54) is 60.7 Å². The molecule has 2 atom stereocenters. The van der Waals surface area contributed by atoms with Gasteiger partial charge in [-0.15, -0.1) is 0 Å². The molecular weight excluding hydrogens is 556 g/mol. The Morgan fingerprint density at radius 2 is 1.26 bits per heavy atom. The predicted octanol–water partition coefficient (Wildman–Crippen LogP) is 11.0. The van der Waals surface area contributed by atoms with E-state index in [0.29, 0.717) is 5.92 Å². The van der Waals surface area contributed by atoms with Gasteiger partial charge in [-0.3, -0.25) is 4.98 Å². The minimum atomic E-state index is -0.154. The van der Waals surface area contributed by atoms with Crippen LogP contribution in [0.25, 0.3) is 44.1 Å². The fourth-order valence-corrected chi connectivity index (χ4v) is 9.01. The topological polar surface area (TPSA) is 25.8 Å². The van der Waals surface area contributed by atoms with Gasteiger partial charge in [0.05, 0.1) is 11.2 Å². The molecule has 2 nitrogen and oxygen atoms in total. The number of rotatable bonds is 2. The lowest BCUT2D eigenvalue weighted by Gasteiger charge is -2.33. The van der Waals surface area contributed by atoms with Crippen LogP contribution >= 0.6 is 0 Å². The van der Waals surface area contributed by atoms with Crippen molar-refractivity contribution in [1.29, 1.82) is 0 Å². The van der Waals surface area contributed by atoms with Gasteiger partial charge >= 0.3 is 0 Å². The molecule has 0 bridgehead atoms. The molecule has 222 valence electrons. The first-order valence-corrected chi connectivity index (χ1v) is 16.4. The fraction of sp³-hybridized carbons (Fsp3) is 0.182. The predicted molar refractivity (Wildman–Crippen MR) is 191 cm³/mol. The first kappa shape index (κ1) is 27.2. The summed E-state index contributed by atoms with van der Waals surface area (Å²) < 4.78 is 0. The van der Waals surface area contributed by atoms with E-state index in [9.17, 15) is 0 Å². The molecule has 46 heavy (non-hydrogen) atoms. The van der Waals surface area contributed by atoms with Crippen LogP contribution in [0.3, 0.4) is 0 Å². The molecule has 9 rings (SSSR count). The number of pyridine rings is 2. The molecule has 2 unspecified atom stereocenters. The zero-order valence-electron chi connectivity index (χ0n) is 26.8. The van der Waals surface area contributed by atoms with E-state index in [1.807, 2.05) is 6.20 Å². The molecule has 2 aliphatic rings. The maximum absolute atomic E-state index is 5.25. The van der Waals surface area contributed by atoms with Crippen LogP contribution in [0.1, 0.15) is 72.9 Å². The number of para-hydroxylation sites is 1. The Balaban J connectivity index is 1.30. The van der Waals surface area contributed by atoms with E-state index in [1.54, 1.807) is 0 Å². The Labute approximate surface area is 270 Å². The molecule has 0 fully saturated rings. The number of hydrogen-bond donors (Lipinski definition) is 0. The Bertz CT molecular complexity index is 2340. The summed E-state index contributed by atoms with van der Waals surface area (Å²) in [7, 11) is 0. The van der Waals surface area contributed by atoms with Gasteiger partial charge in [-0.25, -0.2) is 4.98 Å². The molecule has 2 heterocycles. The van der Waals surface area contributed by atoms with Crippen molar-refractivity contribution < 1.29 is 0 Å². The van der Waals surface area contributed by atoms with Crippen molar-refractivity contribution in [3.8, 4) is 22.4 Å². The lowest BCUT2D eigenvalue weighted by Crippen LogP contribution is -2.26. The van der Waals surface area contributed by atoms with Crippen LogP contribution < -0.4 is 0 Å². The van der Waals surface area contributed by atoms with Crippen molar-refractivity contribution in [2.24, 2.45) is 0 Å². The van der Waals surface area contributed by atoms with E-state index in [2.05, 4.69) is 160 Å². The standard InChI is InChI=1S/C44H36N2/c1-43(2)35-20-9-7-18-34(35)41-40(33-23-24-45-26-37(33)43)39-29(19-12-21-36(39)44(41,3)4)27-13-11-14-28(25-27)42-32-17-6-5-15-30(32)31-16-8-10-22-38(31)46-42/h5-26,40-41H,1-4H3. The van der Waals surface area contributed by atoms with Crippen molar-refractivity contribution in [2.75, 3.05) is 0 Å². The average molecular weight is 593 g/mol. The summed E-state index contributed by atoms with van der Waals surface area (Å²) in [5.74, 6) is 0.516. The van der Waals surface area contributed by atoms with Crippen LogP contribution in [0.2, 0.25) is 0 Å². The number of nitrogens with zero attached hydrogens (tertiary/aromatic N) is 2. The van der Waals surface area contributed by atoms with Gasteiger partial charge in [0.2, 0.25) is 0 Å². The first-order chi connectivity index (χ1) is 22.4. The summed E-state index contributed by atoms with van der Waals surface area (Å²) in [4.78, 5) is 9.93. The second-order valence-corrected chi connectivity index (χ2v) is 14.2. The Hall–Kier alpha value is -5.08. The summed E-state index contributed by atoms with van der Waals surface area (Å²) in [6, 6.07) is 44.7. The number of fused-ring (bicyclic) bond motifs is 10. The molecule has 0 saturated carbocycles. The van der Waals surface area contributed by atoms with Crippen LogP contribution in [0.15, 0.2) is 134 Å². The zero-order valence-corrected chi connectivity index (χ0v) is 26.8. The zero-order chi connectivity index (χ0) is 31.2. The molecular formula is C44H36N2. The fourth-order valence-electron chi connectivity index (χ4n) is 9.01. The maximum Gasteiger partial charge on any atom is 0.0788 e. The monoisotopic (exact) mass is 592 g/mol. The summed E-state index contributed by atoms with van der Waals surface area (Å²) in [6.45, 7) is 9.66. The highest BCUT2D eigenvalue weighted by molar-refractivity contribution is 6.11. The van der Waals surface area contributed by atoms with Gasteiger partial charge in [-0.05, 0) is 73.5 Å². The highest BCUT2D eigenvalue weighted by atomic mass is 14.7. The highest BCUT2D eigenvalue weighted by Gasteiger charge is 2.52. The quantitative estimate of drug-likeness (QED) is 0.187. The minimum Gasteiger partial charge on any atom is -0.264 e. The molecule has 0 radical (unpaired) electrons. The number of aromatic nitrogens is 2. The molecule has 7 aromatic rings. The molecule has 0 spiro atoms. The van der Waals surface area contributed by atoms with Crippen LogP contribution in [0.4, 0.5) is 0 Å². The Morgan fingerprint density at radius 3 is 2.13 bits per heavy atom. The van der Waals surface area contributed by atoms with Gasteiger partial charge in [-0.1, -0.05) is 131 Å². The highest BCUT2D eigenvalue weighted by Crippen LogP contribution is 2.63.